The molecule has 0 saturated carbocycles. The summed E-state index contributed by atoms with van der Waals surface area (Å²) in [5, 5.41) is 16.0. The van der Waals surface area contributed by atoms with Gasteiger partial charge in [0.05, 0.1) is 25.4 Å². The van der Waals surface area contributed by atoms with Crippen LogP contribution in [-0.4, -0.2) is 52.4 Å². The van der Waals surface area contributed by atoms with Crippen LogP contribution in [0.15, 0.2) is 12.4 Å². The molecule has 1 unspecified atom stereocenters. The van der Waals surface area contributed by atoms with Crippen LogP contribution in [0.2, 0.25) is 0 Å². The fourth-order valence-electron chi connectivity index (χ4n) is 1.47. The lowest BCUT2D eigenvalue weighted by atomic mass is 10.2. The zero-order valence-electron chi connectivity index (χ0n) is 10.6. The van der Waals surface area contributed by atoms with Crippen molar-refractivity contribution in [2.75, 3.05) is 20.7 Å². The molecule has 2 N–H and O–H groups in total. The minimum atomic E-state index is -0.216. The highest BCUT2D eigenvalue weighted by molar-refractivity contribution is 5.80. The van der Waals surface area contributed by atoms with Gasteiger partial charge in [-0.3, -0.25) is 9.48 Å². The summed E-state index contributed by atoms with van der Waals surface area (Å²) in [6.07, 6.45) is 3.59. The van der Waals surface area contributed by atoms with Crippen LogP contribution in [0.4, 0.5) is 0 Å². The number of carbonyl (C=O) groups is 1. The van der Waals surface area contributed by atoms with Gasteiger partial charge in [-0.2, -0.15) is 5.10 Å². The minimum Gasteiger partial charge on any atom is -0.394 e. The molecular weight excluding hydrogens is 220 g/mol. The lowest BCUT2D eigenvalue weighted by Gasteiger charge is -2.17. The van der Waals surface area contributed by atoms with E-state index < -0.39 is 0 Å². The van der Waals surface area contributed by atoms with Crippen LogP contribution in [-0.2, 0) is 17.9 Å². The molecule has 1 rings (SSSR count). The molecule has 0 spiro atoms. The van der Waals surface area contributed by atoms with Gasteiger partial charge in [0.2, 0.25) is 5.91 Å². The first kappa shape index (κ1) is 13.7. The Morgan fingerprint density at radius 3 is 2.94 bits per heavy atom. The predicted molar refractivity (Wildman–Crippen MR) is 64.3 cm³/mol. The van der Waals surface area contributed by atoms with Gasteiger partial charge >= 0.3 is 0 Å². The summed E-state index contributed by atoms with van der Waals surface area (Å²) in [6.45, 7) is 2.99. The monoisotopic (exact) mass is 240 g/mol. The Morgan fingerprint density at radius 1 is 1.65 bits per heavy atom. The van der Waals surface area contributed by atoms with Gasteiger partial charge in [-0.05, 0) is 6.92 Å². The number of carbonyl (C=O) groups excluding carboxylic acids is 1. The van der Waals surface area contributed by atoms with Crippen LogP contribution in [0, 0.1) is 0 Å². The van der Waals surface area contributed by atoms with Gasteiger partial charge in [0, 0.05) is 32.4 Å². The highest BCUT2D eigenvalue weighted by Gasteiger charge is 2.13. The predicted octanol–water partition coefficient (Wildman–Crippen LogP) is -0.558. The second-order valence-corrected chi connectivity index (χ2v) is 4.17. The molecule has 0 aliphatic carbocycles. The molecular formula is C11H20N4O2. The first-order chi connectivity index (χ1) is 8.04. The first-order valence-electron chi connectivity index (χ1n) is 5.61. The van der Waals surface area contributed by atoms with Crippen LogP contribution in [0.3, 0.4) is 0 Å². The molecule has 0 bridgehead atoms. The first-order valence-corrected chi connectivity index (χ1v) is 5.61. The van der Waals surface area contributed by atoms with E-state index in [9.17, 15) is 4.79 Å². The largest absolute Gasteiger partial charge is 0.394 e. The Bertz CT molecular complexity index is 362. The van der Waals surface area contributed by atoms with Crippen LogP contribution in [0.25, 0.3) is 0 Å². The Labute approximate surface area is 101 Å². The average Bonchev–Trinajstić information content (AvgIpc) is 2.73. The summed E-state index contributed by atoms with van der Waals surface area (Å²) in [4.78, 5) is 13.1. The van der Waals surface area contributed by atoms with Crippen molar-refractivity contribution in [2.24, 2.45) is 0 Å². The van der Waals surface area contributed by atoms with E-state index >= 15 is 0 Å². The zero-order valence-corrected chi connectivity index (χ0v) is 10.6. The van der Waals surface area contributed by atoms with Crippen LogP contribution < -0.4 is 5.32 Å². The summed E-state index contributed by atoms with van der Waals surface area (Å²) in [5.41, 5.74) is 0.997. The maximum atomic E-state index is 11.6. The molecule has 1 aromatic heterocycles. The van der Waals surface area contributed by atoms with Crippen LogP contribution in [0.5, 0.6) is 0 Å². The van der Waals surface area contributed by atoms with Crippen LogP contribution >= 0.6 is 0 Å². The second kappa shape index (κ2) is 6.36. The van der Waals surface area contributed by atoms with Crippen LogP contribution in [0.1, 0.15) is 12.5 Å². The van der Waals surface area contributed by atoms with E-state index in [2.05, 4.69) is 10.4 Å². The summed E-state index contributed by atoms with van der Waals surface area (Å²) in [7, 11) is 3.47. The number of hydrogen-bond acceptors (Lipinski definition) is 4. The molecule has 0 aliphatic heterocycles. The molecule has 1 heterocycles. The number of aromatic nitrogens is 2. The summed E-state index contributed by atoms with van der Waals surface area (Å²) >= 11 is 0. The highest BCUT2D eigenvalue weighted by Crippen LogP contribution is 1.98. The van der Waals surface area contributed by atoms with E-state index in [1.54, 1.807) is 29.9 Å². The molecule has 6 nitrogen and oxygen atoms in total. The van der Waals surface area contributed by atoms with E-state index in [0.717, 1.165) is 5.56 Å². The number of aliphatic hydroxyl groups is 1. The standard InChI is InChI=1S/C11H20N4O2/c1-9(11(17)14(2)3)12-6-10-7-13-15(8-10)4-5-16/h7-9,12,16H,4-6H2,1-3H3. The number of aliphatic hydroxyl groups excluding tert-OH is 1. The lowest BCUT2D eigenvalue weighted by molar-refractivity contribution is -0.130. The Balaban J connectivity index is 2.41. The van der Waals surface area contributed by atoms with Crippen molar-refractivity contribution >= 4 is 5.91 Å². The SMILES string of the molecule is CC(NCc1cnn(CCO)c1)C(=O)N(C)C. The van der Waals surface area contributed by atoms with Crippen molar-refractivity contribution in [2.45, 2.75) is 26.1 Å². The third-order valence-electron chi connectivity index (χ3n) is 2.44. The van der Waals surface area contributed by atoms with Crippen molar-refractivity contribution in [1.29, 1.82) is 0 Å². The smallest absolute Gasteiger partial charge is 0.238 e. The molecule has 1 atom stereocenters. The summed E-state index contributed by atoms with van der Waals surface area (Å²) in [5.74, 6) is 0.0488. The van der Waals surface area contributed by atoms with Crippen molar-refractivity contribution in [3.63, 3.8) is 0 Å². The molecule has 1 amide bonds. The van der Waals surface area contributed by atoms with E-state index in [1.165, 1.54) is 0 Å². The Hall–Kier alpha value is -1.40. The minimum absolute atomic E-state index is 0.0488. The van der Waals surface area contributed by atoms with Gasteiger partial charge in [0.15, 0.2) is 0 Å². The number of hydrogen-bond donors (Lipinski definition) is 2. The maximum Gasteiger partial charge on any atom is 0.238 e. The van der Waals surface area contributed by atoms with E-state index in [1.807, 2.05) is 13.1 Å². The quantitative estimate of drug-likeness (QED) is 0.699. The van der Waals surface area contributed by atoms with E-state index in [0.29, 0.717) is 13.1 Å². The van der Waals surface area contributed by atoms with Crippen molar-refractivity contribution in [3.8, 4) is 0 Å². The van der Waals surface area contributed by atoms with E-state index in [4.69, 9.17) is 5.11 Å². The Morgan fingerprint density at radius 2 is 2.35 bits per heavy atom. The fraction of sp³-hybridized carbons (Fsp3) is 0.636. The fourth-order valence-corrected chi connectivity index (χ4v) is 1.47. The molecule has 0 aliphatic rings. The van der Waals surface area contributed by atoms with Gasteiger partial charge in [0.25, 0.3) is 0 Å². The summed E-state index contributed by atoms with van der Waals surface area (Å²) < 4.78 is 1.68. The lowest BCUT2D eigenvalue weighted by Crippen LogP contribution is -2.41. The molecule has 0 saturated heterocycles. The van der Waals surface area contributed by atoms with Gasteiger partial charge in [-0.1, -0.05) is 0 Å². The third kappa shape index (κ3) is 4.16. The molecule has 1 aromatic rings. The van der Waals surface area contributed by atoms with Gasteiger partial charge in [-0.15, -0.1) is 0 Å². The molecule has 0 aromatic carbocycles. The molecule has 96 valence electrons. The number of nitrogens with one attached hydrogen (secondary N) is 1. The highest BCUT2D eigenvalue weighted by atomic mass is 16.3. The number of nitrogens with zero attached hydrogens (tertiary/aromatic N) is 3. The molecule has 0 radical (unpaired) electrons. The number of rotatable bonds is 6. The van der Waals surface area contributed by atoms with Crippen molar-refractivity contribution in [1.82, 2.24) is 20.0 Å². The molecule has 17 heavy (non-hydrogen) atoms. The van der Waals surface area contributed by atoms with Crippen molar-refractivity contribution in [3.05, 3.63) is 18.0 Å². The van der Waals surface area contributed by atoms with Gasteiger partial charge in [0.1, 0.15) is 0 Å². The second-order valence-electron chi connectivity index (χ2n) is 4.17. The summed E-state index contributed by atoms with van der Waals surface area (Å²) in [6, 6.07) is -0.216. The average molecular weight is 240 g/mol. The zero-order chi connectivity index (χ0) is 12.8. The van der Waals surface area contributed by atoms with Gasteiger partial charge < -0.3 is 15.3 Å². The number of amides is 1. The number of likely N-dealkylation sites (N-methyl/N-ethyl adjacent to an activating group) is 1. The molecule has 0 fully saturated rings. The normalized spacial score (nSPS) is 12.5. The van der Waals surface area contributed by atoms with Crippen molar-refractivity contribution < 1.29 is 9.90 Å². The molecule has 6 heteroatoms. The maximum absolute atomic E-state index is 11.6. The third-order valence-corrected chi connectivity index (χ3v) is 2.44. The van der Waals surface area contributed by atoms with E-state index in [-0.39, 0.29) is 18.6 Å². The topological polar surface area (TPSA) is 70.4 Å². The Kier molecular flexibility index (Phi) is 5.11. The van der Waals surface area contributed by atoms with Gasteiger partial charge in [-0.25, -0.2) is 0 Å².